The molecule has 1 atom stereocenters. The Hall–Kier alpha value is -1.55. The molecule has 1 unspecified atom stereocenters. The van der Waals surface area contributed by atoms with Crippen molar-refractivity contribution in [2.24, 2.45) is 11.7 Å². The smallest absolute Gasteiger partial charge is 0.228 e. The predicted molar refractivity (Wildman–Crippen MR) is 67.9 cm³/mol. The number of alkyl halides is 1. The second-order valence-corrected chi connectivity index (χ2v) is 4.15. The van der Waals surface area contributed by atoms with Crippen LogP contribution < -0.4 is 11.1 Å². The van der Waals surface area contributed by atoms with Gasteiger partial charge in [0.15, 0.2) is 0 Å². The molecule has 0 heterocycles. The molecule has 1 rings (SSSR count). The lowest BCUT2D eigenvalue weighted by Crippen LogP contribution is -2.23. The van der Waals surface area contributed by atoms with Crippen LogP contribution in [-0.4, -0.2) is 17.7 Å². The molecule has 0 spiro atoms. The first-order chi connectivity index (χ1) is 8.04. The summed E-state index contributed by atoms with van der Waals surface area (Å²) >= 11 is 5.60. The molecule has 5 heteroatoms. The molecule has 0 bridgehead atoms. The van der Waals surface area contributed by atoms with Gasteiger partial charge in [-0.05, 0) is 11.6 Å². The van der Waals surface area contributed by atoms with Gasteiger partial charge in [0.2, 0.25) is 11.8 Å². The van der Waals surface area contributed by atoms with Gasteiger partial charge in [0.1, 0.15) is 0 Å². The number of nitrogens with two attached hydrogens (primary N) is 1. The van der Waals surface area contributed by atoms with Crippen LogP contribution in [-0.2, 0) is 16.0 Å². The first-order valence-corrected chi connectivity index (χ1v) is 5.81. The van der Waals surface area contributed by atoms with Crippen LogP contribution in [0.3, 0.4) is 0 Å². The molecule has 17 heavy (non-hydrogen) atoms. The Kier molecular flexibility index (Phi) is 4.97. The van der Waals surface area contributed by atoms with Crippen LogP contribution in [0.4, 0.5) is 5.69 Å². The number of benzene rings is 1. The highest BCUT2D eigenvalue weighted by Gasteiger charge is 2.13. The SMILES string of the molecule is CC(CCl)C(=O)Nc1ccccc1CC(N)=O. The van der Waals surface area contributed by atoms with Crippen LogP contribution >= 0.6 is 11.6 Å². The molecule has 92 valence electrons. The fourth-order valence-electron chi connectivity index (χ4n) is 1.31. The molecule has 1 aromatic carbocycles. The van der Waals surface area contributed by atoms with Crippen molar-refractivity contribution in [3.05, 3.63) is 29.8 Å². The van der Waals surface area contributed by atoms with Crippen molar-refractivity contribution < 1.29 is 9.59 Å². The summed E-state index contributed by atoms with van der Waals surface area (Å²) in [5, 5.41) is 2.74. The number of hydrogen-bond acceptors (Lipinski definition) is 2. The van der Waals surface area contributed by atoms with E-state index < -0.39 is 5.91 Å². The maximum absolute atomic E-state index is 11.7. The van der Waals surface area contributed by atoms with Crippen LogP contribution in [0, 0.1) is 5.92 Å². The maximum atomic E-state index is 11.7. The van der Waals surface area contributed by atoms with E-state index in [1.54, 1.807) is 31.2 Å². The summed E-state index contributed by atoms with van der Waals surface area (Å²) in [4.78, 5) is 22.6. The average Bonchev–Trinajstić information content (AvgIpc) is 2.29. The molecule has 0 aromatic heterocycles. The average molecular weight is 255 g/mol. The Morgan fingerprint density at radius 1 is 1.41 bits per heavy atom. The van der Waals surface area contributed by atoms with Gasteiger partial charge in [-0.2, -0.15) is 0 Å². The Morgan fingerprint density at radius 3 is 2.65 bits per heavy atom. The molecule has 0 aliphatic heterocycles. The van der Waals surface area contributed by atoms with E-state index in [1.165, 1.54) is 0 Å². The lowest BCUT2D eigenvalue weighted by atomic mass is 10.1. The monoisotopic (exact) mass is 254 g/mol. The summed E-state index contributed by atoms with van der Waals surface area (Å²) in [7, 11) is 0. The van der Waals surface area contributed by atoms with Crippen LogP contribution in [0.25, 0.3) is 0 Å². The van der Waals surface area contributed by atoms with Crippen molar-refractivity contribution in [2.45, 2.75) is 13.3 Å². The van der Waals surface area contributed by atoms with Gasteiger partial charge < -0.3 is 11.1 Å². The number of hydrogen-bond donors (Lipinski definition) is 2. The van der Waals surface area contributed by atoms with Crippen molar-refractivity contribution in [1.82, 2.24) is 0 Å². The number of anilines is 1. The minimum atomic E-state index is -0.433. The highest BCUT2D eigenvalue weighted by atomic mass is 35.5. The number of rotatable bonds is 5. The molecule has 1 aromatic rings. The Morgan fingerprint density at radius 2 is 2.06 bits per heavy atom. The van der Waals surface area contributed by atoms with Crippen molar-refractivity contribution in [3.8, 4) is 0 Å². The molecule has 2 amide bonds. The minimum Gasteiger partial charge on any atom is -0.369 e. The third kappa shape index (κ3) is 4.07. The van der Waals surface area contributed by atoms with Crippen LogP contribution in [0.5, 0.6) is 0 Å². The maximum Gasteiger partial charge on any atom is 0.228 e. The number of para-hydroxylation sites is 1. The molecule has 0 fully saturated rings. The normalized spacial score (nSPS) is 11.9. The molecule has 0 radical (unpaired) electrons. The second-order valence-electron chi connectivity index (χ2n) is 3.84. The summed E-state index contributed by atoms with van der Waals surface area (Å²) in [6.07, 6.45) is 0.103. The van der Waals surface area contributed by atoms with Gasteiger partial charge in [-0.1, -0.05) is 25.1 Å². The first-order valence-electron chi connectivity index (χ1n) is 5.27. The molecular formula is C12H15ClN2O2. The van der Waals surface area contributed by atoms with Gasteiger partial charge in [-0.3, -0.25) is 9.59 Å². The third-order valence-corrected chi connectivity index (χ3v) is 2.78. The van der Waals surface area contributed by atoms with Crippen molar-refractivity contribution in [3.63, 3.8) is 0 Å². The Bertz CT molecular complexity index is 421. The third-order valence-electron chi connectivity index (χ3n) is 2.32. The number of nitrogens with one attached hydrogen (secondary N) is 1. The van der Waals surface area contributed by atoms with Gasteiger partial charge in [-0.25, -0.2) is 0 Å². The van der Waals surface area contributed by atoms with Gasteiger partial charge in [0.25, 0.3) is 0 Å². The van der Waals surface area contributed by atoms with E-state index in [0.29, 0.717) is 11.3 Å². The van der Waals surface area contributed by atoms with Crippen molar-refractivity contribution in [1.29, 1.82) is 0 Å². The van der Waals surface area contributed by atoms with Crippen molar-refractivity contribution >= 4 is 29.1 Å². The quantitative estimate of drug-likeness (QED) is 0.782. The summed E-state index contributed by atoms with van der Waals surface area (Å²) in [6.45, 7) is 1.74. The van der Waals surface area contributed by atoms with Gasteiger partial charge in [0, 0.05) is 17.5 Å². The molecule has 0 aliphatic rings. The molecule has 4 nitrogen and oxygen atoms in total. The van der Waals surface area contributed by atoms with Crippen molar-refractivity contribution in [2.75, 3.05) is 11.2 Å². The molecule has 0 saturated carbocycles. The molecule has 0 aliphatic carbocycles. The van der Waals surface area contributed by atoms with Crippen LogP contribution in [0.1, 0.15) is 12.5 Å². The highest BCUT2D eigenvalue weighted by Crippen LogP contribution is 2.16. The lowest BCUT2D eigenvalue weighted by molar-refractivity contribution is -0.119. The molecular weight excluding hydrogens is 240 g/mol. The van der Waals surface area contributed by atoms with E-state index in [4.69, 9.17) is 17.3 Å². The van der Waals surface area contributed by atoms with E-state index in [9.17, 15) is 9.59 Å². The van der Waals surface area contributed by atoms with Gasteiger partial charge >= 0.3 is 0 Å². The number of carbonyl (C=O) groups excluding carboxylic acids is 2. The van der Waals surface area contributed by atoms with E-state index in [1.807, 2.05) is 0 Å². The Balaban J connectivity index is 2.83. The summed E-state index contributed by atoms with van der Waals surface area (Å²) in [5.74, 6) is -0.628. The number of primary amides is 1. The lowest BCUT2D eigenvalue weighted by Gasteiger charge is -2.12. The summed E-state index contributed by atoms with van der Waals surface area (Å²) < 4.78 is 0. The van der Waals surface area contributed by atoms with E-state index in [0.717, 1.165) is 0 Å². The molecule has 3 N–H and O–H groups in total. The Labute approximate surface area is 105 Å². The fraction of sp³-hybridized carbons (Fsp3) is 0.333. The summed E-state index contributed by atoms with van der Waals surface area (Å²) in [6, 6.07) is 7.06. The van der Waals surface area contributed by atoms with E-state index in [-0.39, 0.29) is 24.1 Å². The fourth-order valence-corrected chi connectivity index (χ4v) is 1.45. The molecule has 0 saturated heterocycles. The largest absolute Gasteiger partial charge is 0.369 e. The van der Waals surface area contributed by atoms with Gasteiger partial charge in [0.05, 0.1) is 6.42 Å². The predicted octanol–water partition coefficient (Wildman–Crippen LogP) is 1.53. The van der Waals surface area contributed by atoms with E-state index in [2.05, 4.69) is 5.32 Å². The number of halogens is 1. The van der Waals surface area contributed by atoms with Crippen LogP contribution in [0.15, 0.2) is 24.3 Å². The van der Waals surface area contributed by atoms with E-state index >= 15 is 0 Å². The standard InChI is InChI=1S/C12H15ClN2O2/c1-8(7-13)12(17)15-10-5-3-2-4-9(10)6-11(14)16/h2-5,8H,6-7H2,1H3,(H2,14,16)(H,15,17). The topological polar surface area (TPSA) is 72.2 Å². The minimum absolute atomic E-state index is 0.103. The number of amides is 2. The zero-order valence-corrected chi connectivity index (χ0v) is 10.3. The summed E-state index contributed by atoms with van der Waals surface area (Å²) in [5.41, 5.74) is 6.45. The van der Waals surface area contributed by atoms with Gasteiger partial charge in [-0.15, -0.1) is 11.6 Å². The zero-order valence-electron chi connectivity index (χ0n) is 9.57. The highest BCUT2D eigenvalue weighted by molar-refractivity contribution is 6.19. The first kappa shape index (κ1) is 13.5. The second kappa shape index (κ2) is 6.25. The zero-order chi connectivity index (χ0) is 12.8. The number of carbonyl (C=O) groups is 2. The van der Waals surface area contributed by atoms with Crippen LogP contribution in [0.2, 0.25) is 0 Å².